The van der Waals surface area contributed by atoms with Crippen LogP contribution in [0.25, 0.3) is 0 Å². The first-order valence-electron chi connectivity index (χ1n) is 5.46. The molecule has 0 bridgehead atoms. The largest absolute Gasteiger partial charge is 0.383 e. The van der Waals surface area contributed by atoms with Crippen LogP contribution in [0.5, 0.6) is 0 Å². The van der Waals surface area contributed by atoms with Crippen LogP contribution in [0, 0.1) is 0 Å². The lowest BCUT2D eigenvalue weighted by molar-refractivity contribution is 0.204. The van der Waals surface area contributed by atoms with Crippen LogP contribution in [-0.2, 0) is 4.74 Å². The molecule has 0 aromatic heterocycles. The second-order valence-electron chi connectivity index (χ2n) is 3.56. The van der Waals surface area contributed by atoms with E-state index in [1.807, 2.05) is 31.2 Å². The fraction of sp³-hybridized carbons (Fsp3) is 0.333. The first-order valence-corrected chi connectivity index (χ1v) is 6.66. The molecule has 0 atom stereocenters. The van der Waals surface area contributed by atoms with Gasteiger partial charge >= 0.3 is 0 Å². The van der Waals surface area contributed by atoms with Gasteiger partial charge in [0.1, 0.15) is 0 Å². The van der Waals surface area contributed by atoms with Crippen LogP contribution in [-0.4, -0.2) is 31.1 Å². The Labute approximate surface area is 121 Å². The summed E-state index contributed by atoms with van der Waals surface area (Å²) in [5, 5.41) is 7.68. The summed E-state index contributed by atoms with van der Waals surface area (Å²) < 4.78 is 5.95. The number of nitrogens with zero attached hydrogens (tertiary/aromatic N) is 1. The van der Waals surface area contributed by atoms with Crippen molar-refractivity contribution in [3.63, 3.8) is 0 Å². The normalized spacial score (nSPS) is 11.2. The van der Waals surface area contributed by atoms with Crippen molar-refractivity contribution in [2.24, 2.45) is 5.10 Å². The highest BCUT2D eigenvalue weighted by atomic mass is 79.9. The minimum absolute atomic E-state index is 0.489. The fourth-order valence-electron chi connectivity index (χ4n) is 1.20. The molecule has 1 rings (SSSR count). The maximum atomic E-state index is 5.06. The van der Waals surface area contributed by atoms with E-state index in [0.717, 1.165) is 15.7 Å². The Kier molecular flexibility index (Phi) is 6.85. The quantitative estimate of drug-likeness (QED) is 0.376. The summed E-state index contributed by atoms with van der Waals surface area (Å²) in [4.78, 5) is 0. The van der Waals surface area contributed by atoms with E-state index in [-0.39, 0.29) is 0 Å². The summed E-state index contributed by atoms with van der Waals surface area (Å²) in [6.45, 7) is 3.19. The molecule has 0 aliphatic carbocycles. The zero-order valence-corrected chi connectivity index (χ0v) is 12.8. The van der Waals surface area contributed by atoms with Gasteiger partial charge in [0.15, 0.2) is 5.11 Å². The van der Waals surface area contributed by atoms with E-state index in [1.165, 1.54) is 0 Å². The van der Waals surface area contributed by atoms with E-state index < -0.39 is 0 Å². The van der Waals surface area contributed by atoms with Crippen molar-refractivity contribution >= 4 is 39.0 Å². The van der Waals surface area contributed by atoms with Crippen LogP contribution in [0.3, 0.4) is 0 Å². The average molecular weight is 330 g/mol. The van der Waals surface area contributed by atoms with Crippen molar-refractivity contribution in [3.8, 4) is 0 Å². The zero-order chi connectivity index (χ0) is 13.4. The smallest absolute Gasteiger partial charge is 0.187 e. The van der Waals surface area contributed by atoms with Crippen molar-refractivity contribution in [1.29, 1.82) is 0 Å². The summed E-state index contributed by atoms with van der Waals surface area (Å²) in [5.74, 6) is 0. The molecule has 98 valence electrons. The Morgan fingerprint density at radius 3 is 2.67 bits per heavy atom. The van der Waals surface area contributed by atoms with Gasteiger partial charge in [-0.3, -0.25) is 5.43 Å². The molecule has 1 aromatic rings. The standard InChI is InChI=1S/C12H16BrN3OS/c1-9(10-3-5-11(13)6-4-10)15-16-12(18)14-7-8-17-2/h3-6H,7-8H2,1-2H3,(H2,14,16,18)/b15-9-. The highest BCUT2D eigenvalue weighted by molar-refractivity contribution is 9.10. The lowest BCUT2D eigenvalue weighted by atomic mass is 10.1. The van der Waals surface area contributed by atoms with Gasteiger partial charge in [-0.2, -0.15) is 5.10 Å². The third kappa shape index (κ3) is 5.57. The molecule has 0 heterocycles. The number of rotatable bonds is 5. The van der Waals surface area contributed by atoms with Crippen LogP contribution in [0.4, 0.5) is 0 Å². The van der Waals surface area contributed by atoms with Crippen molar-refractivity contribution in [3.05, 3.63) is 34.3 Å². The van der Waals surface area contributed by atoms with Gasteiger partial charge in [0.25, 0.3) is 0 Å². The number of hydrogen-bond donors (Lipinski definition) is 2. The molecule has 0 radical (unpaired) electrons. The molecule has 0 amide bonds. The minimum atomic E-state index is 0.489. The Morgan fingerprint density at radius 2 is 2.06 bits per heavy atom. The molecule has 2 N–H and O–H groups in total. The molecule has 0 saturated heterocycles. The third-order valence-electron chi connectivity index (χ3n) is 2.18. The first-order chi connectivity index (χ1) is 8.63. The van der Waals surface area contributed by atoms with Crippen molar-refractivity contribution < 1.29 is 4.74 Å². The highest BCUT2D eigenvalue weighted by Gasteiger charge is 1.98. The van der Waals surface area contributed by atoms with Crippen LogP contribution in [0.15, 0.2) is 33.8 Å². The summed E-state index contributed by atoms with van der Waals surface area (Å²) >= 11 is 8.46. The summed E-state index contributed by atoms with van der Waals surface area (Å²) in [6, 6.07) is 7.94. The molecule has 0 spiro atoms. The van der Waals surface area contributed by atoms with E-state index in [2.05, 4.69) is 31.8 Å². The van der Waals surface area contributed by atoms with E-state index in [1.54, 1.807) is 7.11 Å². The molecule has 0 unspecified atom stereocenters. The molecule has 1 aromatic carbocycles. The third-order valence-corrected chi connectivity index (χ3v) is 2.94. The summed E-state index contributed by atoms with van der Waals surface area (Å²) in [7, 11) is 1.65. The molecule has 6 heteroatoms. The van der Waals surface area contributed by atoms with Gasteiger partial charge in [-0.1, -0.05) is 28.1 Å². The van der Waals surface area contributed by atoms with Crippen LogP contribution in [0.2, 0.25) is 0 Å². The number of thiocarbonyl (C=S) groups is 1. The number of hydrazone groups is 1. The van der Waals surface area contributed by atoms with Crippen LogP contribution in [0.1, 0.15) is 12.5 Å². The average Bonchev–Trinajstić information content (AvgIpc) is 2.37. The number of benzene rings is 1. The van der Waals surface area contributed by atoms with E-state index in [9.17, 15) is 0 Å². The van der Waals surface area contributed by atoms with Gasteiger partial charge in [0, 0.05) is 18.1 Å². The maximum Gasteiger partial charge on any atom is 0.187 e. The van der Waals surface area contributed by atoms with Crippen molar-refractivity contribution in [2.75, 3.05) is 20.3 Å². The molecule has 0 aliphatic rings. The second-order valence-corrected chi connectivity index (χ2v) is 4.89. The number of hydrogen-bond acceptors (Lipinski definition) is 3. The van der Waals surface area contributed by atoms with Crippen molar-refractivity contribution in [2.45, 2.75) is 6.92 Å². The van der Waals surface area contributed by atoms with Gasteiger partial charge in [0.05, 0.1) is 12.3 Å². The fourth-order valence-corrected chi connectivity index (χ4v) is 1.61. The highest BCUT2D eigenvalue weighted by Crippen LogP contribution is 2.10. The predicted octanol–water partition coefficient (Wildman–Crippen LogP) is 2.28. The molecule has 0 fully saturated rings. The second kappa shape index (κ2) is 8.18. The minimum Gasteiger partial charge on any atom is -0.383 e. The van der Waals surface area contributed by atoms with Gasteiger partial charge in [-0.25, -0.2) is 0 Å². The summed E-state index contributed by atoms with van der Waals surface area (Å²) in [5.41, 5.74) is 4.72. The van der Waals surface area contributed by atoms with Crippen LogP contribution < -0.4 is 10.7 Å². The Hall–Kier alpha value is -0.980. The van der Waals surface area contributed by atoms with Gasteiger partial charge < -0.3 is 10.1 Å². The first kappa shape index (κ1) is 15.1. The predicted molar refractivity (Wildman–Crippen MR) is 82.0 cm³/mol. The summed E-state index contributed by atoms with van der Waals surface area (Å²) in [6.07, 6.45) is 0. The zero-order valence-electron chi connectivity index (χ0n) is 10.4. The van der Waals surface area contributed by atoms with Gasteiger partial charge in [-0.05, 0) is 36.8 Å². The lowest BCUT2D eigenvalue weighted by Gasteiger charge is -2.07. The lowest BCUT2D eigenvalue weighted by Crippen LogP contribution is -2.34. The Bertz CT molecular complexity index is 420. The molecular weight excluding hydrogens is 314 g/mol. The molecule has 18 heavy (non-hydrogen) atoms. The van der Waals surface area contributed by atoms with E-state index >= 15 is 0 Å². The van der Waals surface area contributed by atoms with Crippen molar-refractivity contribution in [1.82, 2.24) is 10.7 Å². The van der Waals surface area contributed by atoms with E-state index in [0.29, 0.717) is 18.3 Å². The van der Waals surface area contributed by atoms with Gasteiger partial charge in [-0.15, -0.1) is 0 Å². The molecular formula is C12H16BrN3OS. The molecule has 0 saturated carbocycles. The topological polar surface area (TPSA) is 45.6 Å². The molecule has 0 aliphatic heterocycles. The number of nitrogens with one attached hydrogen (secondary N) is 2. The Morgan fingerprint density at radius 1 is 1.39 bits per heavy atom. The van der Waals surface area contributed by atoms with Crippen LogP contribution >= 0.6 is 28.1 Å². The SMILES string of the molecule is COCCNC(=S)N/N=C(/C)c1ccc(Br)cc1. The number of methoxy groups -OCH3 is 1. The maximum absolute atomic E-state index is 5.06. The monoisotopic (exact) mass is 329 g/mol. The molecule has 4 nitrogen and oxygen atoms in total. The van der Waals surface area contributed by atoms with Gasteiger partial charge in [0.2, 0.25) is 0 Å². The Balaban J connectivity index is 2.46. The number of halogens is 1. The van der Waals surface area contributed by atoms with E-state index in [4.69, 9.17) is 17.0 Å². The number of ether oxygens (including phenoxy) is 1.